The van der Waals surface area contributed by atoms with Crippen molar-refractivity contribution in [2.75, 3.05) is 18.2 Å². The first-order valence-corrected chi connectivity index (χ1v) is 13.0. The van der Waals surface area contributed by atoms with E-state index in [-0.39, 0.29) is 18.3 Å². The molecule has 0 saturated carbocycles. The maximum absolute atomic E-state index is 12.5. The van der Waals surface area contributed by atoms with Crippen molar-refractivity contribution < 1.29 is 14.3 Å². The number of anilines is 1. The van der Waals surface area contributed by atoms with Crippen LogP contribution in [0.15, 0.2) is 53.0 Å². The number of thiazole rings is 1. The number of rotatable bonds is 10. The number of thioether (sulfide) groups is 1. The first-order valence-electron chi connectivity index (χ1n) is 10.8. The molecule has 0 fully saturated rings. The van der Waals surface area contributed by atoms with Crippen LogP contribution in [-0.2, 0) is 17.9 Å². The third-order valence-electron chi connectivity index (χ3n) is 5.01. The molecule has 2 heterocycles. The minimum absolute atomic E-state index is 0.167. The lowest BCUT2D eigenvalue weighted by Gasteiger charge is -2.12. The summed E-state index contributed by atoms with van der Waals surface area (Å²) in [6.45, 7) is 4.88. The van der Waals surface area contributed by atoms with Crippen molar-refractivity contribution >= 4 is 45.7 Å². The molecule has 0 aliphatic rings. The highest BCUT2D eigenvalue weighted by Crippen LogP contribution is 2.29. The van der Waals surface area contributed by atoms with Gasteiger partial charge in [-0.3, -0.25) is 4.79 Å². The molecule has 0 saturated heterocycles. The number of halogens is 1. The molecule has 1 amide bonds. The summed E-state index contributed by atoms with van der Waals surface area (Å²) in [7, 11) is 1.61. The molecule has 0 radical (unpaired) electrons. The van der Waals surface area contributed by atoms with Gasteiger partial charge in [0.05, 0.1) is 18.6 Å². The van der Waals surface area contributed by atoms with Crippen molar-refractivity contribution in [2.45, 2.75) is 32.2 Å². The quantitative estimate of drug-likeness (QED) is 0.263. The molecule has 0 aliphatic heterocycles. The van der Waals surface area contributed by atoms with Gasteiger partial charge in [0.2, 0.25) is 5.91 Å². The van der Waals surface area contributed by atoms with E-state index in [9.17, 15) is 4.79 Å². The molecule has 35 heavy (non-hydrogen) atoms. The molecular weight excluding hydrogens is 506 g/mol. The highest BCUT2D eigenvalue weighted by atomic mass is 35.5. The van der Waals surface area contributed by atoms with Crippen molar-refractivity contribution in [3.8, 4) is 22.8 Å². The van der Waals surface area contributed by atoms with Crippen LogP contribution >= 0.6 is 34.7 Å². The zero-order valence-corrected chi connectivity index (χ0v) is 21.8. The molecule has 0 spiro atoms. The zero-order valence-electron chi connectivity index (χ0n) is 19.4. The lowest BCUT2D eigenvalue weighted by atomic mass is 10.2. The molecule has 11 heteroatoms. The van der Waals surface area contributed by atoms with Gasteiger partial charge in [-0.15, -0.1) is 21.5 Å². The van der Waals surface area contributed by atoms with E-state index < -0.39 is 0 Å². The average Bonchev–Trinajstić information content (AvgIpc) is 3.48. The van der Waals surface area contributed by atoms with E-state index in [1.807, 2.05) is 66.3 Å². The number of aromatic nitrogens is 4. The second-order valence-electron chi connectivity index (χ2n) is 7.47. The topological polar surface area (TPSA) is 91.2 Å². The molecule has 4 aromatic rings. The SMILES string of the molecule is CCn1c(COc2ccc(C)cc2OC)nnc1SCC(=O)Nc1nc(-c2ccc(Cl)cc2)cs1. The van der Waals surface area contributed by atoms with Crippen LogP contribution in [-0.4, -0.2) is 38.5 Å². The van der Waals surface area contributed by atoms with E-state index in [1.165, 1.54) is 23.1 Å². The molecule has 4 rings (SSSR count). The maximum atomic E-state index is 12.5. The summed E-state index contributed by atoms with van der Waals surface area (Å²) in [5.41, 5.74) is 2.81. The number of methoxy groups -OCH3 is 1. The largest absolute Gasteiger partial charge is 0.493 e. The number of benzene rings is 2. The van der Waals surface area contributed by atoms with Gasteiger partial charge in [0, 0.05) is 22.5 Å². The van der Waals surface area contributed by atoms with Gasteiger partial charge in [-0.05, 0) is 43.7 Å². The van der Waals surface area contributed by atoms with Crippen molar-refractivity contribution in [2.24, 2.45) is 0 Å². The molecular formula is C24H24ClN5O3S2. The highest BCUT2D eigenvalue weighted by Gasteiger charge is 2.16. The molecule has 1 N–H and O–H groups in total. The van der Waals surface area contributed by atoms with E-state index in [4.69, 9.17) is 21.1 Å². The number of hydrogen-bond acceptors (Lipinski definition) is 8. The number of ether oxygens (including phenoxy) is 2. The van der Waals surface area contributed by atoms with E-state index in [1.54, 1.807) is 7.11 Å². The Morgan fingerprint density at radius 2 is 1.97 bits per heavy atom. The van der Waals surface area contributed by atoms with E-state index in [2.05, 4.69) is 20.5 Å². The van der Waals surface area contributed by atoms with Crippen molar-refractivity contribution in [1.82, 2.24) is 19.7 Å². The summed E-state index contributed by atoms with van der Waals surface area (Å²) in [6, 6.07) is 13.2. The number of amides is 1. The monoisotopic (exact) mass is 529 g/mol. The van der Waals surface area contributed by atoms with Gasteiger partial charge in [0.1, 0.15) is 6.61 Å². The number of carbonyl (C=O) groups excluding carboxylic acids is 1. The third-order valence-corrected chi connectivity index (χ3v) is 6.98. The fraction of sp³-hybridized carbons (Fsp3) is 0.250. The Kier molecular flexibility index (Phi) is 8.27. The van der Waals surface area contributed by atoms with Gasteiger partial charge in [0.25, 0.3) is 0 Å². The van der Waals surface area contributed by atoms with E-state index in [0.717, 1.165) is 16.8 Å². The second kappa shape index (κ2) is 11.6. The summed E-state index contributed by atoms with van der Waals surface area (Å²) >= 11 is 8.63. The van der Waals surface area contributed by atoms with Crippen molar-refractivity contribution in [3.63, 3.8) is 0 Å². The second-order valence-corrected chi connectivity index (χ2v) is 9.70. The van der Waals surface area contributed by atoms with Gasteiger partial charge in [-0.1, -0.05) is 41.6 Å². The molecule has 182 valence electrons. The smallest absolute Gasteiger partial charge is 0.236 e. The lowest BCUT2D eigenvalue weighted by Crippen LogP contribution is -2.14. The van der Waals surface area contributed by atoms with Gasteiger partial charge >= 0.3 is 0 Å². The van der Waals surface area contributed by atoms with E-state index >= 15 is 0 Å². The first-order chi connectivity index (χ1) is 17.0. The number of hydrogen-bond donors (Lipinski definition) is 1. The zero-order chi connectivity index (χ0) is 24.8. The van der Waals surface area contributed by atoms with Crippen LogP contribution in [0.25, 0.3) is 11.3 Å². The Morgan fingerprint density at radius 3 is 2.71 bits per heavy atom. The molecule has 2 aromatic carbocycles. The minimum atomic E-state index is -0.167. The lowest BCUT2D eigenvalue weighted by molar-refractivity contribution is -0.113. The van der Waals surface area contributed by atoms with Crippen molar-refractivity contribution in [1.29, 1.82) is 0 Å². The summed E-state index contributed by atoms with van der Waals surface area (Å²) in [6.07, 6.45) is 0. The van der Waals surface area contributed by atoms with Crippen LogP contribution in [0.4, 0.5) is 5.13 Å². The van der Waals surface area contributed by atoms with Crippen LogP contribution in [0.5, 0.6) is 11.5 Å². The van der Waals surface area contributed by atoms with Crippen molar-refractivity contribution in [3.05, 3.63) is 64.3 Å². The van der Waals surface area contributed by atoms with Crippen LogP contribution in [0.1, 0.15) is 18.3 Å². The summed E-state index contributed by atoms with van der Waals surface area (Å²) < 4.78 is 13.3. The fourth-order valence-corrected chi connectivity index (χ4v) is 4.94. The molecule has 8 nitrogen and oxygen atoms in total. The Balaban J connectivity index is 1.34. The molecule has 0 unspecified atom stereocenters. The predicted molar refractivity (Wildman–Crippen MR) is 140 cm³/mol. The first kappa shape index (κ1) is 25.0. The number of nitrogens with one attached hydrogen (secondary N) is 1. The molecule has 2 aromatic heterocycles. The number of nitrogens with zero attached hydrogens (tertiary/aromatic N) is 4. The van der Waals surface area contributed by atoms with Gasteiger partial charge in [-0.2, -0.15) is 0 Å². The summed E-state index contributed by atoms with van der Waals surface area (Å²) in [4.78, 5) is 17.0. The molecule has 0 aliphatic carbocycles. The average molecular weight is 530 g/mol. The Bertz CT molecular complexity index is 1310. The molecule has 0 atom stereocenters. The summed E-state index contributed by atoms with van der Waals surface area (Å²) in [5.74, 6) is 1.99. The minimum Gasteiger partial charge on any atom is -0.493 e. The van der Waals surface area contributed by atoms with Gasteiger partial charge < -0.3 is 19.4 Å². The van der Waals surface area contributed by atoms with Crippen LogP contribution < -0.4 is 14.8 Å². The van der Waals surface area contributed by atoms with Crippen LogP contribution in [0.2, 0.25) is 5.02 Å². The normalized spacial score (nSPS) is 10.9. The summed E-state index contributed by atoms with van der Waals surface area (Å²) in [5, 5.41) is 15.1. The maximum Gasteiger partial charge on any atom is 0.236 e. The Morgan fingerprint density at radius 1 is 1.17 bits per heavy atom. The van der Waals surface area contributed by atoms with E-state index in [0.29, 0.717) is 39.2 Å². The Labute approximate surface area is 216 Å². The fourth-order valence-electron chi connectivity index (χ4n) is 3.26. The third kappa shape index (κ3) is 6.33. The van der Waals surface area contributed by atoms with Gasteiger partial charge in [-0.25, -0.2) is 4.98 Å². The van der Waals surface area contributed by atoms with Crippen LogP contribution in [0.3, 0.4) is 0 Å². The predicted octanol–water partition coefficient (Wildman–Crippen LogP) is 5.70. The number of aryl methyl sites for hydroxylation is 1. The van der Waals surface area contributed by atoms with Crippen LogP contribution in [0, 0.1) is 6.92 Å². The Hall–Kier alpha value is -3.08. The highest BCUT2D eigenvalue weighted by molar-refractivity contribution is 7.99. The van der Waals surface area contributed by atoms with Gasteiger partial charge in [0.15, 0.2) is 27.6 Å². The molecule has 0 bridgehead atoms. The standard InChI is InChI=1S/C24H24ClN5O3S2/c1-4-30-21(12-33-19-10-5-15(2)11-20(19)32-3)28-29-24(30)35-14-22(31)27-23-26-18(13-34-23)16-6-8-17(25)9-7-16/h5-11,13H,4,12,14H2,1-3H3,(H,26,27,31). The number of carbonyl (C=O) groups is 1.